The molecule has 0 aromatic carbocycles. The molecule has 1 spiro atoms. The normalized spacial score (nSPS) is 26.9. The SMILES string of the molecule is Cc1nc(COC[C@@H]2CN(CC3CC3)C[C@@]23CCN(C(=O)c2ncn(C)n2)C3)cs1. The van der Waals surface area contributed by atoms with Crippen LogP contribution in [0.15, 0.2) is 11.7 Å². The lowest BCUT2D eigenvalue weighted by atomic mass is 9.77. The highest BCUT2D eigenvalue weighted by molar-refractivity contribution is 7.09. The number of aromatic nitrogens is 4. The number of nitrogens with zero attached hydrogens (tertiary/aromatic N) is 6. The molecular weight excluding hydrogens is 400 g/mol. The van der Waals surface area contributed by atoms with E-state index in [4.69, 9.17) is 4.74 Å². The molecule has 8 nitrogen and oxygen atoms in total. The van der Waals surface area contributed by atoms with Gasteiger partial charge in [-0.2, -0.15) is 0 Å². The molecule has 3 aliphatic rings. The zero-order chi connectivity index (χ0) is 20.7. The Balaban J connectivity index is 1.25. The van der Waals surface area contributed by atoms with E-state index in [0.717, 1.165) is 55.8 Å². The predicted molar refractivity (Wildman–Crippen MR) is 113 cm³/mol. The van der Waals surface area contributed by atoms with Gasteiger partial charge in [-0.15, -0.1) is 16.4 Å². The quantitative estimate of drug-likeness (QED) is 0.669. The van der Waals surface area contributed by atoms with Gasteiger partial charge in [-0.25, -0.2) is 9.97 Å². The number of carbonyl (C=O) groups excluding carboxylic acids is 1. The van der Waals surface area contributed by atoms with E-state index in [2.05, 4.69) is 25.3 Å². The minimum atomic E-state index is -0.0502. The van der Waals surface area contributed by atoms with Crippen molar-refractivity contribution < 1.29 is 9.53 Å². The summed E-state index contributed by atoms with van der Waals surface area (Å²) in [5.41, 5.74) is 1.13. The molecule has 0 bridgehead atoms. The van der Waals surface area contributed by atoms with Crippen LogP contribution in [0.3, 0.4) is 0 Å². The first kappa shape index (κ1) is 20.1. The lowest BCUT2D eigenvalue weighted by Crippen LogP contribution is -2.38. The van der Waals surface area contributed by atoms with Crippen LogP contribution >= 0.6 is 11.3 Å². The highest BCUT2D eigenvalue weighted by Gasteiger charge is 2.52. The van der Waals surface area contributed by atoms with Crippen LogP contribution in [0.1, 0.15) is 40.6 Å². The summed E-state index contributed by atoms with van der Waals surface area (Å²) < 4.78 is 7.73. The van der Waals surface area contributed by atoms with E-state index >= 15 is 0 Å². The van der Waals surface area contributed by atoms with Gasteiger partial charge in [0.25, 0.3) is 5.91 Å². The molecule has 0 N–H and O–H groups in total. The van der Waals surface area contributed by atoms with Crippen LogP contribution in [-0.2, 0) is 18.4 Å². The Morgan fingerprint density at radius 3 is 2.93 bits per heavy atom. The number of thiazole rings is 1. The molecule has 2 saturated heterocycles. The summed E-state index contributed by atoms with van der Waals surface area (Å²) in [6.45, 7) is 8.19. The molecule has 5 rings (SSSR count). The van der Waals surface area contributed by atoms with Crippen molar-refractivity contribution in [1.29, 1.82) is 0 Å². The summed E-state index contributed by atoms with van der Waals surface area (Å²) in [6, 6.07) is 0. The maximum Gasteiger partial charge on any atom is 0.293 e. The minimum absolute atomic E-state index is 0.0502. The smallest absolute Gasteiger partial charge is 0.293 e. The van der Waals surface area contributed by atoms with Gasteiger partial charge in [0.05, 0.1) is 23.9 Å². The van der Waals surface area contributed by atoms with Crippen LogP contribution in [0.5, 0.6) is 0 Å². The monoisotopic (exact) mass is 430 g/mol. The lowest BCUT2D eigenvalue weighted by molar-refractivity contribution is 0.0483. The lowest BCUT2D eigenvalue weighted by Gasteiger charge is -2.30. The van der Waals surface area contributed by atoms with Crippen molar-refractivity contribution >= 4 is 17.2 Å². The Morgan fingerprint density at radius 2 is 2.23 bits per heavy atom. The second kappa shape index (κ2) is 8.01. The molecule has 4 heterocycles. The molecule has 30 heavy (non-hydrogen) atoms. The molecule has 0 unspecified atom stereocenters. The van der Waals surface area contributed by atoms with Crippen LogP contribution in [0, 0.1) is 24.2 Å². The summed E-state index contributed by atoms with van der Waals surface area (Å²) in [6.07, 6.45) is 5.34. The highest BCUT2D eigenvalue weighted by atomic mass is 32.1. The van der Waals surface area contributed by atoms with Crippen molar-refractivity contribution in [3.63, 3.8) is 0 Å². The Bertz CT molecular complexity index is 909. The Kier molecular flexibility index (Phi) is 5.37. The molecule has 2 aromatic heterocycles. The minimum Gasteiger partial charge on any atom is -0.375 e. The molecule has 2 aliphatic heterocycles. The third-order valence-electron chi connectivity index (χ3n) is 6.80. The number of hydrogen-bond donors (Lipinski definition) is 0. The van der Waals surface area contributed by atoms with Gasteiger partial charge in [-0.3, -0.25) is 9.48 Å². The van der Waals surface area contributed by atoms with Crippen LogP contribution in [0.25, 0.3) is 0 Å². The summed E-state index contributed by atoms with van der Waals surface area (Å²) >= 11 is 1.67. The largest absolute Gasteiger partial charge is 0.375 e. The second-order valence-corrected chi connectivity index (χ2v) is 10.4. The molecule has 1 amide bonds. The number of rotatable bonds is 7. The van der Waals surface area contributed by atoms with Gasteiger partial charge >= 0.3 is 0 Å². The molecule has 2 aromatic rings. The summed E-state index contributed by atoms with van der Waals surface area (Å²) in [4.78, 5) is 26.2. The average Bonchev–Trinajstić information content (AvgIpc) is 3.06. The van der Waals surface area contributed by atoms with Crippen molar-refractivity contribution in [1.82, 2.24) is 29.5 Å². The Hall–Kier alpha value is -1.84. The first-order valence-corrected chi connectivity index (χ1v) is 11.7. The van der Waals surface area contributed by atoms with Gasteiger partial charge in [-0.1, -0.05) is 0 Å². The van der Waals surface area contributed by atoms with Gasteiger partial charge in [-0.05, 0) is 32.1 Å². The molecular formula is C21H30N6O2S. The number of ether oxygens (including phenoxy) is 1. The molecule has 9 heteroatoms. The maximum absolute atomic E-state index is 12.9. The first-order valence-electron chi connectivity index (χ1n) is 10.9. The van der Waals surface area contributed by atoms with E-state index in [1.807, 2.05) is 11.8 Å². The Morgan fingerprint density at radius 1 is 1.37 bits per heavy atom. The topological polar surface area (TPSA) is 76.4 Å². The zero-order valence-electron chi connectivity index (χ0n) is 17.8. The van der Waals surface area contributed by atoms with E-state index in [1.54, 1.807) is 29.4 Å². The molecule has 1 aliphatic carbocycles. The van der Waals surface area contributed by atoms with Gasteiger partial charge in [0.1, 0.15) is 6.33 Å². The van der Waals surface area contributed by atoms with Crippen LogP contribution in [0.4, 0.5) is 0 Å². The molecule has 162 valence electrons. The Labute approximate surface area is 181 Å². The van der Waals surface area contributed by atoms with Crippen molar-refractivity contribution in [2.24, 2.45) is 24.3 Å². The third-order valence-corrected chi connectivity index (χ3v) is 7.62. The fourth-order valence-corrected chi connectivity index (χ4v) is 5.67. The number of carbonyl (C=O) groups is 1. The van der Waals surface area contributed by atoms with E-state index < -0.39 is 0 Å². The number of amides is 1. The number of aryl methyl sites for hydroxylation is 2. The van der Waals surface area contributed by atoms with Gasteiger partial charge in [0.15, 0.2) is 0 Å². The van der Waals surface area contributed by atoms with Gasteiger partial charge < -0.3 is 14.5 Å². The second-order valence-electron chi connectivity index (χ2n) is 9.29. The van der Waals surface area contributed by atoms with E-state index in [9.17, 15) is 4.79 Å². The standard InChI is InChI=1S/C21H30N6O2S/c1-15-23-18(11-30-15)10-29-9-17-8-26(7-16-3-4-16)12-21(17)5-6-27(13-21)20(28)19-22-14-25(2)24-19/h11,14,16-17H,3-10,12-13H2,1-2H3/t17-,21+/m0/s1. The molecule has 1 saturated carbocycles. The zero-order valence-corrected chi connectivity index (χ0v) is 18.6. The molecule has 0 radical (unpaired) electrons. The van der Waals surface area contributed by atoms with Crippen LogP contribution in [0.2, 0.25) is 0 Å². The molecule has 2 atom stereocenters. The molecule has 3 fully saturated rings. The average molecular weight is 431 g/mol. The predicted octanol–water partition coefficient (Wildman–Crippen LogP) is 1.97. The van der Waals surface area contributed by atoms with Gasteiger partial charge in [0.2, 0.25) is 5.82 Å². The van der Waals surface area contributed by atoms with E-state index in [1.165, 1.54) is 19.4 Å². The third kappa shape index (κ3) is 4.15. The maximum atomic E-state index is 12.9. The number of likely N-dealkylation sites (tertiary alicyclic amines) is 2. The van der Waals surface area contributed by atoms with Crippen molar-refractivity contribution in [3.8, 4) is 0 Å². The summed E-state index contributed by atoms with van der Waals surface area (Å²) in [7, 11) is 1.79. The highest BCUT2D eigenvalue weighted by Crippen LogP contribution is 2.45. The van der Waals surface area contributed by atoms with E-state index in [-0.39, 0.29) is 11.3 Å². The summed E-state index contributed by atoms with van der Waals surface area (Å²) in [5, 5.41) is 7.37. The fraction of sp³-hybridized carbons (Fsp3) is 0.714. The number of hydrogen-bond acceptors (Lipinski definition) is 7. The summed E-state index contributed by atoms with van der Waals surface area (Å²) in [5.74, 6) is 1.56. The van der Waals surface area contributed by atoms with Crippen molar-refractivity contribution in [2.75, 3.05) is 39.3 Å². The van der Waals surface area contributed by atoms with Gasteiger partial charge in [0, 0.05) is 56.5 Å². The fourth-order valence-electron chi connectivity index (χ4n) is 5.07. The van der Waals surface area contributed by atoms with Crippen LogP contribution in [-0.4, -0.2) is 74.8 Å². The van der Waals surface area contributed by atoms with Crippen LogP contribution < -0.4 is 0 Å². The van der Waals surface area contributed by atoms with Crippen molar-refractivity contribution in [3.05, 3.63) is 28.2 Å². The van der Waals surface area contributed by atoms with E-state index in [0.29, 0.717) is 18.3 Å². The van der Waals surface area contributed by atoms with Crippen molar-refractivity contribution in [2.45, 2.75) is 32.8 Å². The first-order chi connectivity index (χ1) is 14.5.